The number of carbonyl (C=O) groups is 2. The van der Waals surface area contributed by atoms with Crippen LogP contribution in [0.25, 0.3) is 0 Å². The molecule has 1 aromatic rings. The fraction of sp³-hybridized carbons (Fsp3) is 0.333. The second-order valence-electron chi connectivity index (χ2n) is 3.79. The number of benzene rings is 1. The second kappa shape index (κ2) is 7.00. The van der Waals surface area contributed by atoms with Gasteiger partial charge in [0, 0.05) is 16.2 Å². The summed E-state index contributed by atoms with van der Waals surface area (Å²) in [5, 5.41) is 5.31. The number of anilines is 1. The predicted octanol–water partition coefficient (Wildman–Crippen LogP) is 2.52. The largest absolute Gasteiger partial charge is 0.469 e. The summed E-state index contributed by atoms with van der Waals surface area (Å²) in [6.07, 6.45) is 0.143. The summed E-state index contributed by atoms with van der Waals surface area (Å²) in [7, 11) is 1.32. The molecule has 0 aliphatic carbocycles. The molecule has 1 rings (SSSR count). The molecule has 1 aromatic carbocycles. The number of halogens is 1. The summed E-state index contributed by atoms with van der Waals surface area (Å²) < 4.78 is 5.46. The average molecular weight is 315 g/mol. The molecule has 98 valence electrons. The van der Waals surface area contributed by atoms with Gasteiger partial charge in [0.15, 0.2) is 0 Å². The predicted molar refractivity (Wildman–Crippen MR) is 72.4 cm³/mol. The Kier molecular flexibility index (Phi) is 5.64. The molecule has 1 unspecified atom stereocenters. The van der Waals surface area contributed by atoms with Crippen molar-refractivity contribution in [2.75, 3.05) is 12.4 Å². The van der Waals surface area contributed by atoms with E-state index in [0.29, 0.717) is 5.69 Å². The highest BCUT2D eigenvalue weighted by Crippen LogP contribution is 2.13. The Labute approximate surface area is 114 Å². The minimum atomic E-state index is -0.355. The van der Waals surface area contributed by atoms with Gasteiger partial charge in [-0.25, -0.2) is 4.79 Å². The minimum Gasteiger partial charge on any atom is -0.469 e. The van der Waals surface area contributed by atoms with E-state index in [0.717, 1.165) is 4.47 Å². The number of carbonyl (C=O) groups excluding carboxylic acids is 2. The van der Waals surface area contributed by atoms with Crippen LogP contribution in [0.4, 0.5) is 10.5 Å². The van der Waals surface area contributed by atoms with E-state index in [1.54, 1.807) is 19.1 Å². The molecule has 0 spiro atoms. The smallest absolute Gasteiger partial charge is 0.319 e. The van der Waals surface area contributed by atoms with E-state index in [9.17, 15) is 9.59 Å². The lowest BCUT2D eigenvalue weighted by molar-refractivity contribution is -0.141. The number of ether oxygens (including phenoxy) is 1. The zero-order valence-corrected chi connectivity index (χ0v) is 11.8. The molecule has 0 saturated heterocycles. The van der Waals surface area contributed by atoms with Gasteiger partial charge in [0.1, 0.15) is 0 Å². The molecule has 6 heteroatoms. The van der Waals surface area contributed by atoms with E-state index >= 15 is 0 Å². The van der Waals surface area contributed by atoms with Crippen molar-refractivity contribution in [3.8, 4) is 0 Å². The van der Waals surface area contributed by atoms with Gasteiger partial charge in [0.2, 0.25) is 0 Å². The Morgan fingerprint density at radius 2 is 1.94 bits per heavy atom. The maximum absolute atomic E-state index is 11.6. The highest BCUT2D eigenvalue weighted by molar-refractivity contribution is 9.10. The van der Waals surface area contributed by atoms with Crippen molar-refractivity contribution in [2.45, 2.75) is 19.4 Å². The van der Waals surface area contributed by atoms with Crippen LogP contribution in [0.1, 0.15) is 13.3 Å². The van der Waals surface area contributed by atoms with Gasteiger partial charge in [-0.2, -0.15) is 0 Å². The molecule has 5 nitrogen and oxygen atoms in total. The van der Waals surface area contributed by atoms with Crippen molar-refractivity contribution in [3.05, 3.63) is 28.7 Å². The van der Waals surface area contributed by atoms with Crippen molar-refractivity contribution in [1.82, 2.24) is 5.32 Å². The van der Waals surface area contributed by atoms with Gasteiger partial charge in [-0.15, -0.1) is 0 Å². The van der Waals surface area contributed by atoms with Gasteiger partial charge in [0.25, 0.3) is 0 Å². The molecule has 0 aliphatic rings. The molecular weight excluding hydrogens is 300 g/mol. The van der Waals surface area contributed by atoms with Crippen LogP contribution in [0.2, 0.25) is 0 Å². The summed E-state index contributed by atoms with van der Waals surface area (Å²) in [4.78, 5) is 22.6. The van der Waals surface area contributed by atoms with Crippen LogP contribution < -0.4 is 10.6 Å². The molecule has 0 saturated carbocycles. The molecule has 0 aliphatic heterocycles. The van der Waals surface area contributed by atoms with Gasteiger partial charge in [-0.3, -0.25) is 4.79 Å². The summed E-state index contributed by atoms with van der Waals surface area (Å²) in [6.45, 7) is 1.73. The lowest BCUT2D eigenvalue weighted by Crippen LogP contribution is -2.37. The van der Waals surface area contributed by atoms with Gasteiger partial charge in [-0.05, 0) is 31.2 Å². The number of amides is 2. The SMILES string of the molecule is COC(=O)CC(C)NC(=O)Nc1ccc(Br)cc1. The third-order valence-electron chi connectivity index (χ3n) is 2.18. The maximum atomic E-state index is 11.6. The lowest BCUT2D eigenvalue weighted by Gasteiger charge is -2.13. The van der Waals surface area contributed by atoms with E-state index in [1.807, 2.05) is 12.1 Å². The van der Waals surface area contributed by atoms with Gasteiger partial charge < -0.3 is 15.4 Å². The fourth-order valence-corrected chi connectivity index (χ4v) is 1.57. The Hall–Kier alpha value is -1.56. The van der Waals surface area contributed by atoms with Gasteiger partial charge >= 0.3 is 12.0 Å². The van der Waals surface area contributed by atoms with Crippen molar-refractivity contribution in [1.29, 1.82) is 0 Å². The number of rotatable bonds is 4. The lowest BCUT2D eigenvalue weighted by atomic mass is 10.2. The minimum absolute atomic E-state index is 0.143. The molecular formula is C12H15BrN2O3. The topological polar surface area (TPSA) is 67.4 Å². The van der Waals surface area contributed by atoms with Crippen LogP contribution in [0.15, 0.2) is 28.7 Å². The molecule has 1 atom stereocenters. The quantitative estimate of drug-likeness (QED) is 0.839. The normalized spacial score (nSPS) is 11.5. The number of esters is 1. The van der Waals surface area contributed by atoms with Crippen LogP contribution >= 0.6 is 15.9 Å². The van der Waals surface area contributed by atoms with Crippen molar-refractivity contribution < 1.29 is 14.3 Å². The van der Waals surface area contributed by atoms with Crippen LogP contribution in [0.5, 0.6) is 0 Å². The zero-order valence-electron chi connectivity index (χ0n) is 10.2. The monoisotopic (exact) mass is 314 g/mol. The summed E-state index contributed by atoms with van der Waals surface area (Å²) in [5.74, 6) is -0.355. The Morgan fingerprint density at radius 3 is 2.50 bits per heavy atom. The third kappa shape index (κ3) is 5.18. The molecule has 0 radical (unpaired) electrons. The number of hydrogen-bond acceptors (Lipinski definition) is 3. The van der Waals surface area contributed by atoms with E-state index in [-0.39, 0.29) is 24.5 Å². The van der Waals surface area contributed by atoms with Gasteiger partial charge in [-0.1, -0.05) is 15.9 Å². The molecule has 0 fully saturated rings. The highest BCUT2D eigenvalue weighted by Gasteiger charge is 2.11. The average Bonchev–Trinajstić information content (AvgIpc) is 2.31. The van der Waals surface area contributed by atoms with Gasteiger partial charge in [0.05, 0.1) is 13.5 Å². The first-order valence-electron chi connectivity index (χ1n) is 5.41. The molecule has 18 heavy (non-hydrogen) atoms. The second-order valence-corrected chi connectivity index (χ2v) is 4.70. The van der Waals surface area contributed by atoms with E-state index in [2.05, 4.69) is 31.3 Å². The number of methoxy groups -OCH3 is 1. The van der Waals surface area contributed by atoms with E-state index in [4.69, 9.17) is 0 Å². The Morgan fingerprint density at radius 1 is 1.33 bits per heavy atom. The number of urea groups is 1. The summed E-state index contributed by atoms with van der Waals surface area (Å²) in [6, 6.07) is 6.56. The zero-order chi connectivity index (χ0) is 13.5. The summed E-state index contributed by atoms with van der Waals surface area (Å²) >= 11 is 3.31. The third-order valence-corrected chi connectivity index (χ3v) is 2.71. The van der Waals surface area contributed by atoms with E-state index < -0.39 is 0 Å². The number of hydrogen-bond donors (Lipinski definition) is 2. The van der Waals surface area contributed by atoms with Crippen molar-refractivity contribution in [2.24, 2.45) is 0 Å². The van der Waals surface area contributed by atoms with Crippen LogP contribution in [0, 0.1) is 0 Å². The summed E-state index contributed by atoms with van der Waals surface area (Å²) in [5.41, 5.74) is 0.681. The Balaban J connectivity index is 2.41. The first-order valence-corrected chi connectivity index (χ1v) is 6.20. The van der Waals surface area contributed by atoms with Crippen LogP contribution in [0.3, 0.4) is 0 Å². The fourth-order valence-electron chi connectivity index (χ4n) is 1.31. The van der Waals surface area contributed by atoms with E-state index in [1.165, 1.54) is 7.11 Å². The maximum Gasteiger partial charge on any atom is 0.319 e. The highest BCUT2D eigenvalue weighted by atomic mass is 79.9. The van der Waals surface area contributed by atoms with Crippen molar-refractivity contribution >= 4 is 33.6 Å². The van der Waals surface area contributed by atoms with Crippen molar-refractivity contribution in [3.63, 3.8) is 0 Å². The first-order chi connectivity index (χ1) is 8.51. The standard InChI is InChI=1S/C12H15BrN2O3/c1-8(7-11(16)18-2)14-12(17)15-10-5-3-9(13)4-6-10/h3-6,8H,7H2,1-2H3,(H2,14,15,17). The first kappa shape index (κ1) is 14.5. The molecule has 2 amide bonds. The van der Waals surface area contributed by atoms with Crippen LogP contribution in [-0.2, 0) is 9.53 Å². The number of nitrogens with one attached hydrogen (secondary N) is 2. The molecule has 0 bridgehead atoms. The Bertz CT molecular complexity index is 420. The molecule has 0 heterocycles. The van der Waals surface area contributed by atoms with Crippen LogP contribution in [-0.4, -0.2) is 25.2 Å². The molecule has 2 N–H and O–H groups in total. The molecule has 0 aromatic heterocycles.